The maximum atomic E-state index is 13.9. The number of aromatic nitrogens is 1. The van der Waals surface area contributed by atoms with E-state index in [9.17, 15) is 18.4 Å². The van der Waals surface area contributed by atoms with Gasteiger partial charge in [-0.15, -0.1) is 11.3 Å². The van der Waals surface area contributed by atoms with Crippen molar-refractivity contribution in [1.82, 2.24) is 9.88 Å². The number of ether oxygens (including phenoxy) is 1. The molecule has 9 heteroatoms. The van der Waals surface area contributed by atoms with Gasteiger partial charge in [0.2, 0.25) is 0 Å². The molecule has 5 nitrogen and oxygen atoms in total. The summed E-state index contributed by atoms with van der Waals surface area (Å²) in [6, 6.07) is 3.06. The van der Waals surface area contributed by atoms with E-state index in [0.29, 0.717) is 16.8 Å². The molecular weight excluding hydrogens is 442 g/mol. The van der Waals surface area contributed by atoms with Gasteiger partial charge in [-0.3, -0.25) is 9.59 Å². The quantitative estimate of drug-likeness (QED) is 0.636. The number of aromatic amines is 1. The van der Waals surface area contributed by atoms with E-state index in [-0.39, 0.29) is 29.9 Å². The lowest BCUT2D eigenvalue weighted by molar-refractivity contribution is 0.0336. The maximum absolute atomic E-state index is 13.9. The summed E-state index contributed by atoms with van der Waals surface area (Å²) in [5.74, 6) is -2.37. The third-order valence-corrected chi connectivity index (χ3v) is 6.15. The van der Waals surface area contributed by atoms with Crippen LogP contribution in [0.1, 0.15) is 27.7 Å². The summed E-state index contributed by atoms with van der Waals surface area (Å²) >= 11 is 4.72. The van der Waals surface area contributed by atoms with E-state index in [0.717, 1.165) is 15.9 Å². The van der Waals surface area contributed by atoms with Crippen molar-refractivity contribution in [3.63, 3.8) is 0 Å². The standard InChI is InChI=1S/C18H13BrF2N2O3S/c1-23(18(25)8-2-15(19)27-7-8)14-6-26-5-13-16(14)9-3-11(20)12(21)4-10(9)17(24)22-13/h2-4,7,14H,5-6H2,1H3,(H,22,24). The van der Waals surface area contributed by atoms with Gasteiger partial charge in [0, 0.05) is 23.7 Å². The average molecular weight is 455 g/mol. The van der Waals surface area contributed by atoms with Gasteiger partial charge in [0.05, 0.1) is 34.0 Å². The monoisotopic (exact) mass is 454 g/mol. The summed E-state index contributed by atoms with van der Waals surface area (Å²) in [4.78, 5) is 29.3. The SMILES string of the molecule is CN(C(=O)c1csc(Br)c1)C1COCc2[nH]c(=O)c3cc(F)c(F)cc3c21. The molecule has 0 saturated carbocycles. The molecule has 1 atom stereocenters. The van der Waals surface area contributed by atoms with Gasteiger partial charge in [-0.1, -0.05) is 0 Å². The Morgan fingerprint density at radius 3 is 2.67 bits per heavy atom. The Labute approximate surface area is 164 Å². The predicted octanol–water partition coefficient (Wildman–Crippen LogP) is 3.97. The molecule has 1 aromatic carbocycles. The Kier molecular flexibility index (Phi) is 4.61. The number of fused-ring (bicyclic) bond motifs is 3. The number of nitrogens with zero attached hydrogens (tertiary/aromatic N) is 1. The number of carbonyl (C=O) groups excluding carboxylic acids is 1. The molecule has 0 aliphatic carbocycles. The van der Waals surface area contributed by atoms with Gasteiger partial charge in [-0.25, -0.2) is 8.78 Å². The normalized spacial score (nSPS) is 16.4. The minimum Gasteiger partial charge on any atom is -0.373 e. The third kappa shape index (κ3) is 3.09. The molecule has 4 rings (SSSR count). The first-order valence-electron chi connectivity index (χ1n) is 7.99. The molecule has 140 valence electrons. The van der Waals surface area contributed by atoms with Crippen LogP contribution < -0.4 is 5.56 Å². The van der Waals surface area contributed by atoms with Crippen molar-refractivity contribution in [2.45, 2.75) is 12.6 Å². The number of hydrogen-bond donors (Lipinski definition) is 1. The Balaban J connectivity index is 1.87. The first kappa shape index (κ1) is 18.3. The maximum Gasteiger partial charge on any atom is 0.256 e. The second-order valence-corrected chi connectivity index (χ2v) is 8.54. The van der Waals surface area contributed by atoms with Gasteiger partial charge >= 0.3 is 0 Å². The molecule has 0 spiro atoms. The minimum absolute atomic E-state index is 0.0404. The number of pyridine rings is 1. The highest BCUT2D eigenvalue weighted by molar-refractivity contribution is 9.11. The highest BCUT2D eigenvalue weighted by Crippen LogP contribution is 2.34. The fraction of sp³-hybridized carbons (Fsp3) is 0.222. The molecule has 0 radical (unpaired) electrons. The van der Waals surface area contributed by atoms with E-state index >= 15 is 0 Å². The van der Waals surface area contributed by atoms with Crippen molar-refractivity contribution in [3.05, 3.63) is 66.2 Å². The van der Waals surface area contributed by atoms with Crippen molar-refractivity contribution in [3.8, 4) is 0 Å². The molecule has 1 N–H and O–H groups in total. The Hall–Kier alpha value is -2.10. The zero-order valence-electron chi connectivity index (χ0n) is 14.0. The molecule has 3 aromatic rings. The van der Waals surface area contributed by atoms with Crippen LogP contribution in [0.2, 0.25) is 0 Å². The van der Waals surface area contributed by atoms with E-state index in [1.54, 1.807) is 18.5 Å². The van der Waals surface area contributed by atoms with Crippen LogP contribution in [0.4, 0.5) is 8.78 Å². The van der Waals surface area contributed by atoms with Crippen LogP contribution in [0.25, 0.3) is 10.8 Å². The Bertz CT molecular complexity index is 1130. The molecule has 1 aliphatic rings. The molecule has 2 aromatic heterocycles. The lowest BCUT2D eigenvalue weighted by Crippen LogP contribution is -2.37. The van der Waals surface area contributed by atoms with Crippen molar-refractivity contribution in [1.29, 1.82) is 0 Å². The van der Waals surface area contributed by atoms with E-state index in [2.05, 4.69) is 20.9 Å². The van der Waals surface area contributed by atoms with Gasteiger partial charge in [-0.2, -0.15) is 0 Å². The number of amides is 1. The number of thiophene rings is 1. The number of carbonyl (C=O) groups is 1. The summed E-state index contributed by atoms with van der Waals surface area (Å²) in [7, 11) is 1.62. The van der Waals surface area contributed by atoms with Crippen molar-refractivity contribution in [2.75, 3.05) is 13.7 Å². The number of rotatable bonds is 2. The molecule has 1 aliphatic heterocycles. The fourth-order valence-corrected chi connectivity index (χ4v) is 4.45. The van der Waals surface area contributed by atoms with Gasteiger partial charge in [0.25, 0.3) is 11.5 Å². The predicted molar refractivity (Wildman–Crippen MR) is 101 cm³/mol. The minimum atomic E-state index is -1.09. The van der Waals surface area contributed by atoms with Crippen molar-refractivity contribution >= 4 is 43.9 Å². The second-order valence-electron chi connectivity index (χ2n) is 6.24. The topological polar surface area (TPSA) is 62.4 Å². The third-order valence-electron chi connectivity index (χ3n) is 4.64. The van der Waals surface area contributed by atoms with E-state index in [1.807, 2.05) is 0 Å². The Morgan fingerprint density at radius 1 is 1.30 bits per heavy atom. The number of likely N-dealkylation sites (N-methyl/N-ethyl adjacent to an activating group) is 1. The summed E-state index contributed by atoms with van der Waals surface area (Å²) in [5, 5.41) is 2.05. The molecule has 1 amide bonds. The highest BCUT2D eigenvalue weighted by atomic mass is 79.9. The van der Waals surface area contributed by atoms with Gasteiger partial charge in [-0.05, 0) is 39.5 Å². The molecular formula is C18H13BrF2N2O3S. The summed E-state index contributed by atoms with van der Waals surface area (Å²) in [6.07, 6.45) is 0. The molecule has 1 unspecified atom stereocenters. The van der Waals surface area contributed by atoms with Crippen molar-refractivity contribution in [2.24, 2.45) is 0 Å². The molecule has 0 fully saturated rings. The molecule has 3 heterocycles. The van der Waals surface area contributed by atoms with Crippen molar-refractivity contribution < 1.29 is 18.3 Å². The van der Waals surface area contributed by atoms with E-state index in [4.69, 9.17) is 4.74 Å². The smallest absolute Gasteiger partial charge is 0.256 e. The lowest BCUT2D eigenvalue weighted by atomic mass is 9.95. The summed E-state index contributed by atoms with van der Waals surface area (Å²) < 4.78 is 33.9. The second kappa shape index (κ2) is 6.81. The van der Waals surface area contributed by atoms with Crippen LogP contribution in [0.15, 0.2) is 32.2 Å². The first-order valence-corrected chi connectivity index (χ1v) is 9.67. The number of H-pyrrole nitrogens is 1. The number of hydrogen-bond acceptors (Lipinski definition) is 4. The summed E-state index contributed by atoms with van der Waals surface area (Å²) in [6.45, 7) is 0.308. The van der Waals surface area contributed by atoms with E-state index in [1.165, 1.54) is 16.2 Å². The zero-order chi connectivity index (χ0) is 19.3. The first-order chi connectivity index (χ1) is 12.9. The zero-order valence-corrected chi connectivity index (χ0v) is 16.4. The van der Waals surface area contributed by atoms with Crippen LogP contribution in [0.5, 0.6) is 0 Å². The highest BCUT2D eigenvalue weighted by Gasteiger charge is 2.31. The van der Waals surface area contributed by atoms with Crippen LogP contribution in [0.3, 0.4) is 0 Å². The van der Waals surface area contributed by atoms with Crippen LogP contribution >= 0.6 is 27.3 Å². The fourth-order valence-electron chi connectivity index (χ4n) is 3.32. The Morgan fingerprint density at radius 2 is 2.00 bits per heavy atom. The molecule has 27 heavy (non-hydrogen) atoms. The van der Waals surface area contributed by atoms with Gasteiger partial charge in [0.1, 0.15) is 0 Å². The average Bonchev–Trinajstić information content (AvgIpc) is 3.08. The summed E-state index contributed by atoms with van der Waals surface area (Å²) in [5.41, 5.74) is 1.01. The largest absolute Gasteiger partial charge is 0.373 e. The lowest BCUT2D eigenvalue weighted by Gasteiger charge is -2.33. The number of nitrogens with one attached hydrogen (secondary N) is 1. The van der Waals surface area contributed by atoms with Crippen LogP contribution in [-0.4, -0.2) is 29.4 Å². The molecule has 0 bridgehead atoms. The van der Waals surface area contributed by atoms with Crippen LogP contribution in [-0.2, 0) is 11.3 Å². The van der Waals surface area contributed by atoms with Crippen LogP contribution in [0, 0.1) is 11.6 Å². The number of benzene rings is 1. The number of halogens is 3. The van der Waals surface area contributed by atoms with Gasteiger partial charge in [0.15, 0.2) is 11.6 Å². The van der Waals surface area contributed by atoms with E-state index < -0.39 is 23.2 Å². The van der Waals surface area contributed by atoms with Gasteiger partial charge < -0.3 is 14.6 Å². The molecule has 0 saturated heterocycles.